The predicted molar refractivity (Wildman–Crippen MR) is 93.5 cm³/mol. The number of carboxylic acid groups (broad SMARTS) is 1. The molecule has 0 aliphatic heterocycles. The first-order chi connectivity index (χ1) is 11.7. The number of hydrazine groups is 1. The fraction of sp³-hybridized carbons (Fsp3) is 0. The fourth-order valence-electron chi connectivity index (χ4n) is 2.67. The molecular formula is C16H13N5O2S. The van der Waals surface area contributed by atoms with E-state index in [1.54, 1.807) is 16.9 Å². The van der Waals surface area contributed by atoms with E-state index in [1.807, 2.05) is 36.4 Å². The molecule has 120 valence electrons. The number of nitrogens with two attached hydrogens (primary N) is 1. The average molecular weight is 339 g/mol. The molecule has 0 amide bonds. The van der Waals surface area contributed by atoms with Crippen LogP contribution < -0.4 is 11.3 Å². The zero-order chi connectivity index (χ0) is 16.7. The van der Waals surface area contributed by atoms with Crippen LogP contribution in [0.25, 0.3) is 28.0 Å². The highest BCUT2D eigenvalue weighted by atomic mass is 32.1. The third-order valence-corrected chi connectivity index (χ3v) is 4.79. The normalized spacial score (nSPS) is 11.0. The zero-order valence-corrected chi connectivity index (χ0v) is 13.2. The molecule has 1 aromatic carbocycles. The van der Waals surface area contributed by atoms with Crippen molar-refractivity contribution >= 4 is 33.2 Å². The van der Waals surface area contributed by atoms with Gasteiger partial charge in [0.15, 0.2) is 0 Å². The molecule has 0 bridgehead atoms. The molecule has 0 saturated carbocycles. The molecule has 0 atom stereocenters. The lowest BCUT2D eigenvalue weighted by Gasteiger charge is -2.06. The lowest BCUT2D eigenvalue weighted by Crippen LogP contribution is -2.07. The number of aromatic carboxylic acids is 1. The lowest BCUT2D eigenvalue weighted by atomic mass is 10.2. The first-order valence-corrected chi connectivity index (χ1v) is 7.95. The maximum absolute atomic E-state index is 11.2. The molecule has 0 radical (unpaired) electrons. The number of nitrogen functional groups attached to an aromatic ring is 1. The van der Waals surface area contributed by atoms with Crippen molar-refractivity contribution in [2.24, 2.45) is 5.84 Å². The van der Waals surface area contributed by atoms with Crippen LogP contribution in [0.5, 0.6) is 0 Å². The number of nitrogens with one attached hydrogen (secondary N) is 2. The zero-order valence-electron chi connectivity index (χ0n) is 12.4. The van der Waals surface area contributed by atoms with Gasteiger partial charge in [-0.3, -0.25) is 0 Å². The SMILES string of the molecule is NNc1sc(C(=O)O)cc1-c1ccnn1-c1cc2ccccc2[nH]1. The van der Waals surface area contributed by atoms with E-state index < -0.39 is 5.97 Å². The van der Waals surface area contributed by atoms with E-state index in [9.17, 15) is 9.90 Å². The van der Waals surface area contributed by atoms with Crippen LogP contribution in [0.4, 0.5) is 5.00 Å². The van der Waals surface area contributed by atoms with Gasteiger partial charge in [0.1, 0.15) is 15.7 Å². The van der Waals surface area contributed by atoms with E-state index in [2.05, 4.69) is 15.5 Å². The molecule has 5 N–H and O–H groups in total. The van der Waals surface area contributed by atoms with Gasteiger partial charge in [-0.25, -0.2) is 15.3 Å². The summed E-state index contributed by atoms with van der Waals surface area (Å²) in [6.07, 6.45) is 1.67. The van der Waals surface area contributed by atoms with Gasteiger partial charge in [0.05, 0.1) is 11.9 Å². The number of carbonyl (C=O) groups is 1. The van der Waals surface area contributed by atoms with Crippen LogP contribution in [0.1, 0.15) is 9.67 Å². The van der Waals surface area contributed by atoms with Crippen LogP contribution in [0.15, 0.2) is 48.7 Å². The number of thiophene rings is 1. The number of rotatable bonds is 4. The monoisotopic (exact) mass is 339 g/mol. The molecule has 3 aromatic heterocycles. The summed E-state index contributed by atoms with van der Waals surface area (Å²) in [7, 11) is 0. The fourth-order valence-corrected chi connectivity index (χ4v) is 3.48. The number of hydrogen-bond acceptors (Lipinski definition) is 5. The summed E-state index contributed by atoms with van der Waals surface area (Å²) < 4.78 is 1.73. The molecule has 4 aromatic rings. The summed E-state index contributed by atoms with van der Waals surface area (Å²) in [6.45, 7) is 0. The molecule has 4 rings (SSSR count). The van der Waals surface area contributed by atoms with Crippen LogP contribution in [0, 0.1) is 0 Å². The summed E-state index contributed by atoms with van der Waals surface area (Å²) in [5.41, 5.74) is 5.01. The Morgan fingerprint density at radius 2 is 2.12 bits per heavy atom. The Labute approximate surface area is 140 Å². The first kappa shape index (κ1) is 14.5. The van der Waals surface area contributed by atoms with Gasteiger partial charge in [0, 0.05) is 16.5 Å². The lowest BCUT2D eigenvalue weighted by molar-refractivity contribution is 0.0702. The number of aromatic nitrogens is 3. The highest BCUT2D eigenvalue weighted by molar-refractivity contribution is 7.18. The second kappa shape index (κ2) is 5.52. The minimum absolute atomic E-state index is 0.211. The number of anilines is 1. The Balaban J connectivity index is 1.87. The Morgan fingerprint density at radius 3 is 2.88 bits per heavy atom. The van der Waals surface area contributed by atoms with Crippen molar-refractivity contribution in [3.05, 3.63) is 53.5 Å². The molecule has 0 aliphatic carbocycles. The number of hydrogen-bond donors (Lipinski definition) is 4. The first-order valence-electron chi connectivity index (χ1n) is 7.13. The maximum Gasteiger partial charge on any atom is 0.345 e. The van der Waals surface area contributed by atoms with E-state index in [4.69, 9.17) is 5.84 Å². The van der Waals surface area contributed by atoms with Gasteiger partial charge in [-0.05, 0) is 24.3 Å². The van der Waals surface area contributed by atoms with E-state index in [0.29, 0.717) is 10.6 Å². The molecular weight excluding hydrogens is 326 g/mol. The van der Waals surface area contributed by atoms with Crippen molar-refractivity contribution in [2.75, 3.05) is 5.43 Å². The van der Waals surface area contributed by atoms with Crippen LogP contribution in [-0.2, 0) is 0 Å². The Morgan fingerprint density at radius 1 is 1.29 bits per heavy atom. The molecule has 7 nitrogen and oxygen atoms in total. The molecule has 0 spiro atoms. The Kier molecular flexibility index (Phi) is 3.33. The molecule has 8 heteroatoms. The minimum Gasteiger partial charge on any atom is -0.477 e. The van der Waals surface area contributed by atoms with Gasteiger partial charge in [-0.1, -0.05) is 18.2 Å². The molecule has 24 heavy (non-hydrogen) atoms. The largest absolute Gasteiger partial charge is 0.477 e. The van der Waals surface area contributed by atoms with Crippen LogP contribution in [-0.4, -0.2) is 25.8 Å². The summed E-state index contributed by atoms with van der Waals surface area (Å²) >= 11 is 1.09. The number of nitrogens with zero attached hydrogens (tertiary/aromatic N) is 2. The van der Waals surface area contributed by atoms with Crippen LogP contribution in [0.3, 0.4) is 0 Å². The molecule has 0 unspecified atom stereocenters. The quantitative estimate of drug-likeness (QED) is 0.337. The van der Waals surface area contributed by atoms with Crippen LogP contribution in [0.2, 0.25) is 0 Å². The number of benzene rings is 1. The molecule has 0 aliphatic rings. The summed E-state index contributed by atoms with van der Waals surface area (Å²) in [6, 6.07) is 13.3. The third-order valence-electron chi connectivity index (χ3n) is 3.74. The number of carboxylic acids is 1. The van der Waals surface area contributed by atoms with Gasteiger partial charge >= 0.3 is 5.97 Å². The second-order valence-corrected chi connectivity index (χ2v) is 6.23. The Bertz CT molecular complexity index is 1010. The molecule has 0 fully saturated rings. The summed E-state index contributed by atoms with van der Waals surface area (Å²) in [4.78, 5) is 14.8. The number of H-pyrrole nitrogens is 1. The standard InChI is InChI=1S/C16H13N5O2S/c17-20-15-10(8-13(24-15)16(22)23)12-5-6-18-21(12)14-7-9-3-1-2-4-11(9)19-14/h1-8,19-20H,17H2,(H,22,23). The van der Waals surface area contributed by atoms with Gasteiger partial charge in [-0.15, -0.1) is 11.3 Å². The van der Waals surface area contributed by atoms with Crippen molar-refractivity contribution in [1.29, 1.82) is 0 Å². The molecule has 0 saturated heterocycles. The Hall–Kier alpha value is -3.10. The van der Waals surface area contributed by atoms with Gasteiger partial charge in [0.25, 0.3) is 0 Å². The number of aromatic amines is 1. The number of para-hydroxylation sites is 1. The van der Waals surface area contributed by atoms with E-state index in [1.165, 1.54) is 0 Å². The van der Waals surface area contributed by atoms with E-state index in [-0.39, 0.29) is 4.88 Å². The minimum atomic E-state index is -0.987. The van der Waals surface area contributed by atoms with Crippen molar-refractivity contribution in [2.45, 2.75) is 0 Å². The second-order valence-electron chi connectivity index (χ2n) is 5.17. The van der Waals surface area contributed by atoms with Crippen molar-refractivity contribution < 1.29 is 9.90 Å². The third kappa shape index (κ3) is 2.25. The predicted octanol–water partition coefficient (Wildman–Crippen LogP) is 3.07. The summed E-state index contributed by atoms with van der Waals surface area (Å²) in [5.74, 6) is 5.36. The smallest absolute Gasteiger partial charge is 0.345 e. The maximum atomic E-state index is 11.2. The van der Waals surface area contributed by atoms with Crippen molar-refractivity contribution in [3.63, 3.8) is 0 Å². The van der Waals surface area contributed by atoms with Crippen LogP contribution >= 0.6 is 11.3 Å². The van der Waals surface area contributed by atoms with E-state index in [0.717, 1.165) is 33.8 Å². The van der Waals surface area contributed by atoms with Gasteiger partial charge in [0.2, 0.25) is 0 Å². The topological polar surface area (TPSA) is 109 Å². The average Bonchev–Trinajstić information content (AvgIpc) is 3.30. The summed E-state index contributed by atoms with van der Waals surface area (Å²) in [5, 5.41) is 15.2. The van der Waals surface area contributed by atoms with Crippen molar-refractivity contribution in [3.8, 4) is 17.1 Å². The van der Waals surface area contributed by atoms with Crippen molar-refractivity contribution in [1.82, 2.24) is 14.8 Å². The van der Waals surface area contributed by atoms with Gasteiger partial charge in [-0.2, -0.15) is 5.10 Å². The molecule has 3 heterocycles. The van der Waals surface area contributed by atoms with E-state index >= 15 is 0 Å². The highest BCUT2D eigenvalue weighted by Gasteiger charge is 2.18. The highest BCUT2D eigenvalue weighted by Crippen LogP contribution is 2.36. The van der Waals surface area contributed by atoms with Gasteiger partial charge < -0.3 is 15.5 Å². The number of fused-ring (bicyclic) bond motifs is 1.